The number of esters is 1. The Labute approximate surface area is 162 Å². The van der Waals surface area contributed by atoms with Crippen LogP contribution in [0.2, 0.25) is 0 Å². The minimum absolute atomic E-state index is 0.00373. The first-order valence-corrected chi connectivity index (χ1v) is 10.1. The molecule has 0 bridgehead atoms. The van der Waals surface area contributed by atoms with Gasteiger partial charge in [-0.25, -0.2) is 17.9 Å². The van der Waals surface area contributed by atoms with E-state index in [1.54, 1.807) is 30.3 Å². The molecule has 1 saturated carbocycles. The smallest absolute Gasteiger partial charge is 0.343 e. The summed E-state index contributed by atoms with van der Waals surface area (Å²) in [7, 11) is -2.36. The largest absolute Gasteiger partial charge is 0.482 e. The van der Waals surface area contributed by atoms with Crippen LogP contribution in [0, 0.1) is 0 Å². The lowest BCUT2D eigenvalue weighted by molar-refractivity contribution is -0.142. The molecule has 2 N–H and O–H groups in total. The van der Waals surface area contributed by atoms with Crippen LogP contribution < -0.4 is 14.8 Å². The lowest BCUT2D eigenvalue weighted by atomic mass is 10.2. The summed E-state index contributed by atoms with van der Waals surface area (Å²) in [5, 5.41) is 2.66. The Morgan fingerprint density at radius 3 is 2.57 bits per heavy atom. The summed E-state index contributed by atoms with van der Waals surface area (Å²) in [5.74, 6) is -0.635. The molecule has 8 nitrogen and oxygen atoms in total. The van der Waals surface area contributed by atoms with Crippen LogP contribution in [0.15, 0.2) is 53.4 Å². The van der Waals surface area contributed by atoms with Gasteiger partial charge in [-0.05, 0) is 49.2 Å². The van der Waals surface area contributed by atoms with Gasteiger partial charge in [-0.3, -0.25) is 4.79 Å². The molecule has 9 heteroatoms. The average Bonchev–Trinajstić information content (AvgIpc) is 3.50. The van der Waals surface area contributed by atoms with Gasteiger partial charge in [0.15, 0.2) is 6.61 Å². The van der Waals surface area contributed by atoms with E-state index in [2.05, 4.69) is 14.8 Å². The monoisotopic (exact) mass is 404 g/mol. The van der Waals surface area contributed by atoms with Gasteiger partial charge in [-0.1, -0.05) is 12.1 Å². The molecule has 0 aromatic heterocycles. The highest BCUT2D eigenvalue weighted by atomic mass is 32.2. The fourth-order valence-corrected chi connectivity index (χ4v) is 3.71. The molecule has 0 heterocycles. The van der Waals surface area contributed by atoms with Gasteiger partial charge in [0.1, 0.15) is 5.75 Å². The number of anilines is 1. The Morgan fingerprint density at radius 1 is 1.11 bits per heavy atom. The molecule has 0 spiro atoms. The molecule has 3 rings (SSSR count). The van der Waals surface area contributed by atoms with Gasteiger partial charge in [0.25, 0.3) is 5.91 Å². The molecule has 1 aliphatic carbocycles. The Morgan fingerprint density at radius 2 is 1.86 bits per heavy atom. The van der Waals surface area contributed by atoms with Gasteiger partial charge >= 0.3 is 5.97 Å². The maximum absolute atomic E-state index is 12.5. The molecule has 1 fully saturated rings. The molecule has 0 atom stereocenters. The Bertz CT molecular complexity index is 985. The van der Waals surface area contributed by atoms with E-state index in [0.717, 1.165) is 12.8 Å². The SMILES string of the molecule is COC(=O)COc1cccc(C(=O)Nc2cccc(S(=O)(=O)NC3CC3)c2)c1. The lowest BCUT2D eigenvalue weighted by Crippen LogP contribution is -2.25. The highest BCUT2D eigenvalue weighted by Crippen LogP contribution is 2.23. The molecule has 1 amide bonds. The minimum Gasteiger partial charge on any atom is -0.482 e. The van der Waals surface area contributed by atoms with Crippen molar-refractivity contribution in [2.45, 2.75) is 23.8 Å². The third-order valence-corrected chi connectivity index (χ3v) is 5.50. The number of benzene rings is 2. The summed E-state index contributed by atoms with van der Waals surface area (Å²) in [6.45, 7) is -0.268. The third-order valence-electron chi connectivity index (χ3n) is 3.98. The molecule has 1 aliphatic rings. The predicted octanol–water partition coefficient (Wildman–Crippen LogP) is 1.93. The molecule has 0 unspecified atom stereocenters. The number of carbonyl (C=O) groups is 2. The number of carbonyl (C=O) groups excluding carboxylic acids is 2. The van der Waals surface area contributed by atoms with E-state index in [4.69, 9.17) is 4.74 Å². The van der Waals surface area contributed by atoms with Crippen LogP contribution in [0.3, 0.4) is 0 Å². The van der Waals surface area contributed by atoms with Gasteiger partial charge in [0.05, 0.1) is 12.0 Å². The standard InChI is InChI=1S/C19H20N2O6S/c1-26-18(22)12-27-16-6-2-4-13(10-16)19(23)20-15-5-3-7-17(11-15)28(24,25)21-14-8-9-14/h2-7,10-11,14,21H,8-9,12H2,1H3,(H,20,23). The number of hydrogen-bond donors (Lipinski definition) is 2. The highest BCUT2D eigenvalue weighted by Gasteiger charge is 2.28. The fraction of sp³-hybridized carbons (Fsp3) is 0.263. The lowest BCUT2D eigenvalue weighted by Gasteiger charge is -2.10. The molecule has 28 heavy (non-hydrogen) atoms. The normalized spacial score (nSPS) is 13.6. The second-order valence-corrected chi connectivity index (χ2v) is 7.98. The minimum atomic E-state index is -3.61. The van der Waals surface area contributed by atoms with E-state index in [1.165, 1.54) is 25.3 Å². The third kappa shape index (κ3) is 5.30. The maximum atomic E-state index is 12.5. The van der Waals surface area contributed by atoms with E-state index in [1.807, 2.05) is 0 Å². The van der Waals surface area contributed by atoms with Crippen LogP contribution in [-0.2, 0) is 19.6 Å². The second-order valence-electron chi connectivity index (χ2n) is 6.27. The van der Waals surface area contributed by atoms with E-state index < -0.39 is 21.9 Å². The number of methoxy groups -OCH3 is 1. The van der Waals surface area contributed by atoms with Gasteiger partial charge < -0.3 is 14.8 Å². The number of amides is 1. The van der Waals surface area contributed by atoms with E-state index >= 15 is 0 Å². The van der Waals surface area contributed by atoms with Crippen molar-refractivity contribution in [3.05, 3.63) is 54.1 Å². The first-order chi connectivity index (χ1) is 13.4. The van der Waals surface area contributed by atoms with Crippen LogP contribution in [0.1, 0.15) is 23.2 Å². The summed E-state index contributed by atoms with van der Waals surface area (Å²) in [5.41, 5.74) is 0.649. The summed E-state index contributed by atoms with van der Waals surface area (Å²) in [6.07, 6.45) is 1.67. The quantitative estimate of drug-likeness (QED) is 0.651. The van der Waals surface area contributed by atoms with Crippen LogP contribution in [0.4, 0.5) is 5.69 Å². The summed E-state index contributed by atoms with van der Waals surface area (Å²) in [6, 6.07) is 12.3. The van der Waals surface area contributed by atoms with E-state index in [9.17, 15) is 18.0 Å². The molecule has 0 radical (unpaired) electrons. The van der Waals surface area contributed by atoms with Gasteiger partial charge in [0, 0.05) is 17.3 Å². The predicted molar refractivity (Wildman–Crippen MR) is 102 cm³/mol. The van der Waals surface area contributed by atoms with Crippen molar-refractivity contribution in [1.29, 1.82) is 0 Å². The number of nitrogens with one attached hydrogen (secondary N) is 2. The van der Waals surface area contributed by atoms with E-state index in [0.29, 0.717) is 17.0 Å². The molecule has 2 aromatic rings. The van der Waals surface area contributed by atoms with E-state index in [-0.39, 0.29) is 17.5 Å². The number of sulfonamides is 1. The molecule has 2 aromatic carbocycles. The van der Waals surface area contributed by atoms with Crippen LogP contribution >= 0.6 is 0 Å². The average molecular weight is 404 g/mol. The van der Waals surface area contributed by atoms with Crippen molar-refractivity contribution in [3.8, 4) is 5.75 Å². The Hall–Kier alpha value is -2.91. The molecule has 0 aliphatic heterocycles. The molecule has 0 saturated heterocycles. The van der Waals surface area contributed by atoms with Crippen molar-refractivity contribution in [2.75, 3.05) is 19.0 Å². The number of rotatable bonds is 8. The fourth-order valence-electron chi connectivity index (χ4n) is 2.36. The maximum Gasteiger partial charge on any atom is 0.343 e. The topological polar surface area (TPSA) is 111 Å². The zero-order valence-electron chi connectivity index (χ0n) is 15.2. The number of hydrogen-bond acceptors (Lipinski definition) is 6. The highest BCUT2D eigenvalue weighted by molar-refractivity contribution is 7.89. The van der Waals surface area contributed by atoms with Crippen LogP contribution in [-0.4, -0.2) is 40.1 Å². The zero-order valence-corrected chi connectivity index (χ0v) is 16.0. The molecular weight excluding hydrogens is 384 g/mol. The second kappa shape index (κ2) is 8.41. The van der Waals surface area contributed by atoms with Crippen molar-refractivity contribution in [1.82, 2.24) is 4.72 Å². The Balaban J connectivity index is 1.69. The van der Waals surface area contributed by atoms with Gasteiger partial charge in [0.2, 0.25) is 10.0 Å². The van der Waals surface area contributed by atoms with Gasteiger partial charge in [-0.2, -0.15) is 0 Å². The van der Waals surface area contributed by atoms with Crippen LogP contribution in [0.5, 0.6) is 5.75 Å². The number of ether oxygens (including phenoxy) is 2. The first-order valence-electron chi connectivity index (χ1n) is 8.61. The molecule has 148 valence electrons. The van der Waals surface area contributed by atoms with Crippen molar-refractivity contribution >= 4 is 27.6 Å². The van der Waals surface area contributed by atoms with Crippen molar-refractivity contribution in [2.24, 2.45) is 0 Å². The summed E-state index contributed by atoms with van der Waals surface area (Å²) >= 11 is 0. The van der Waals surface area contributed by atoms with Gasteiger partial charge in [-0.15, -0.1) is 0 Å². The summed E-state index contributed by atoms with van der Waals surface area (Å²) < 4.78 is 37.0. The van der Waals surface area contributed by atoms with Crippen LogP contribution in [0.25, 0.3) is 0 Å². The first kappa shape index (κ1) is 19.8. The summed E-state index contributed by atoms with van der Waals surface area (Å²) in [4.78, 5) is 23.7. The zero-order chi connectivity index (χ0) is 20.1. The Kier molecular flexibility index (Phi) is 5.96. The van der Waals surface area contributed by atoms with Crippen molar-refractivity contribution in [3.63, 3.8) is 0 Å². The van der Waals surface area contributed by atoms with Crippen molar-refractivity contribution < 1.29 is 27.5 Å². The molecular formula is C19H20N2O6S.